The first-order valence-corrected chi connectivity index (χ1v) is 7.55. The number of nitrogens with zero attached hydrogens (tertiary/aromatic N) is 4. The van der Waals surface area contributed by atoms with Crippen molar-refractivity contribution in [3.63, 3.8) is 0 Å². The van der Waals surface area contributed by atoms with Gasteiger partial charge in [-0.2, -0.15) is 14.9 Å². The second-order valence-electron chi connectivity index (χ2n) is 5.41. The molecule has 1 aromatic heterocycles. The summed E-state index contributed by atoms with van der Waals surface area (Å²) in [5, 5.41) is 21.5. The summed E-state index contributed by atoms with van der Waals surface area (Å²) in [6.45, 7) is 1.73. The van der Waals surface area contributed by atoms with Crippen LogP contribution in [-0.4, -0.2) is 25.5 Å². The van der Waals surface area contributed by atoms with Gasteiger partial charge in [0.1, 0.15) is 0 Å². The maximum absolute atomic E-state index is 12.0. The molecule has 1 heterocycles. The highest BCUT2D eigenvalue weighted by atomic mass is 16.6. The number of hydrogen-bond acceptors (Lipinski definition) is 5. The molecule has 3 aromatic rings. The molecule has 0 aliphatic heterocycles. The van der Waals surface area contributed by atoms with Gasteiger partial charge in [0.15, 0.2) is 5.82 Å². The van der Waals surface area contributed by atoms with Crippen molar-refractivity contribution < 1.29 is 4.92 Å². The fraction of sp³-hybridized carbons (Fsp3) is 0.118. The average molecular weight is 337 g/mol. The first-order valence-electron chi connectivity index (χ1n) is 7.55. The van der Waals surface area contributed by atoms with Gasteiger partial charge in [-0.15, -0.1) is 0 Å². The van der Waals surface area contributed by atoms with Crippen LogP contribution in [0.15, 0.2) is 64.5 Å². The highest BCUT2D eigenvalue weighted by molar-refractivity contribution is 5.98. The lowest BCUT2D eigenvalue weighted by atomic mass is 10.1. The highest BCUT2D eigenvalue weighted by Crippen LogP contribution is 2.13. The molecule has 0 atom stereocenters. The Hall–Kier alpha value is -3.55. The third-order valence-electron chi connectivity index (χ3n) is 3.67. The second kappa shape index (κ2) is 6.91. The largest absolute Gasteiger partial charge is 0.364 e. The van der Waals surface area contributed by atoms with Crippen LogP contribution in [0.4, 0.5) is 5.69 Å². The monoisotopic (exact) mass is 337 g/mol. The average Bonchev–Trinajstić information content (AvgIpc) is 2.96. The van der Waals surface area contributed by atoms with Gasteiger partial charge in [0, 0.05) is 18.6 Å². The molecule has 1 N–H and O–H groups in total. The number of nitro benzene ring substituents is 1. The van der Waals surface area contributed by atoms with E-state index in [2.05, 4.69) is 15.3 Å². The number of nitrogens with one attached hydrogen (secondary N) is 1. The lowest BCUT2D eigenvalue weighted by molar-refractivity contribution is -0.384. The number of aromatic nitrogens is 3. The molecular formula is C17H15N5O3. The number of benzene rings is 2. The van der Waals surface area contributed by atoms with Gasteiger partial charge in [0.2, 0.25) is 0 Å². The van der Waals surface area contributed by atoms with Gasteiger partial charge < -0.3 is 0 Å². The van der Waals surface area contributed by atoms with Crippen molar-refractivity contribution in [2.45, 2.75) is 13.3 Å². The van der Waals surface area contributed by atoms with E-state index in [1.54, 1.807) is 19.1 Å². The maximum atomic E-state index is 12.0. The SMILES string of the molecule is C/C(=N\n1c(Cc2ccccc2)n[nH]c1=O)c1ccc([N+](=O)[O-])cc1. The van der Waals surface area contributed by atoms with E-state index in [1.807, 2.05) is 30.3 Å². The molecule has 0 saturated carbocycles. The fourth-order valence-corrected chi connectivity index (χ4v) is 2.35. The molecule has 0 aliphatic carbocycles. The number of non-ortho nitro benzene ring substituents is 1. The van der Waals surface area contributed by atoms with Crippen LogP contribution in [0.5, 0.6) is 0 Å². The van der Waals surface area contributed by atoms with Gasteiger partial charge in [-0.3, -0.25) is 10.1 Å². The van der Waals surface area contributed by atoms with Crippen LogP contribution in [0.3, 0.4) is 0 Å². The number of H-pyrrole nitrogens is 1. The summed E-state index contributed by atoms with van der Waals surface area (Å²) >= 11 is 0. The lowest BCUT2D eigenvalue weighted by Gasteiger charge is -2.03. The third-order valence-corrected chi connectivity index (χ3v) is 3.67. The number of rotatable bonds is 5. The van der Waals surface area contributed by atoms with Gasteiger partial charge in [0.25, 0.3) is 5.69 Å². The Morgan fingerprint density at radius 3 is 2.52 bits per heavy atom. The van der Waals surface area contributed by atoms with Crippen molar-refractivity contribution >= 4 is 11.4 Å². The van der Waals surface area contributed by atoms with Gasteiger partial charge in [-0.05, 0) is 30.2 Å². The summed E-state index contributed by atoms with van der Waals surface area (Å²) in [7, 11) is 0. The van der Waals surface area contributed by atoms with E-state index in [0.717, 1.165) is 5.56 Å². The molecule has 126 valence electrons. The predicted molar refractivity (Wildman–Crippen MR) is 92.8 cm³/mol. The summed E-state index contributed by atoms with van der Waals surface area (Å²) in [6, 6.07) is 15.6. The summed E-state index contributed by atoms with van der Waals surface area (Å²) in [5.41, 5.74) is 1.80. The molecule has 0 fully saturated rings. The number of aromatic amines is 1. The third kappa shape index (κ3) is 3.69. The summed E-state index contributed by atoms with van der Waals surface area (Å²) in [4.78, 5) is 22.2. The van der Waals surface area contributed by atoms with Crippen LogP contribution >= 0.6 is 0 Å². The minimum absolute atomic E-state index is 0.00166. The smallest absolute Gasteiger partial charge is 0.258 e. The maximum Gasteiger partial charge on any atom is 0.364 e. The zero-order valence-corrected chi connectivity index (χ0v) is 13.4. The molecule has 8 nitrogen and oxygen atoms in total. The first-order chi connectivity index (χ1) is 12.0. The zero-order chi connectivity index (χ0) is 17.8. The van der Waals surface area contributed by atoms with Gasteiger partial charge in [0.05, 0.1) is 10.6 Å². The van der Waals surface area contributed by atoms with Crippen molar-refractivity contribution in [2.75, 3.05) is 0 Å². The standard InChI is InChI=1S/C17H15N5O3/c1-12(14-7-9-15(10-8-14)22(24)25)20-21-16(18-19-17(21)23)11-13-5-3-2-4-6-13/h2-10H,11H2,1H3,(H,19,23)/b20-12+. The van der Waals surface area contributed by atoms with Crippen LogP contribution in [0.2, 0.25) is 0 Å². The normalized spacial score (nSPS) is 11.5. The molecule has 0 unspecified atom stereocenters. The fourth-order valence-electron chi connectivity index (χ4n) is 2.35. The Morgan fingerprint density at radius 1 is 1.20 bits per heavy atom. The molecule has 0 aliphatic rings. The highest BCUT2D eigenvalue weighted by Gasteiger charge is 2.10. The Morgan fingerprint density at radius 2 is 1.88 bits per heavy atom. The van der Waals surface area contributed by atoms with Crippen molar-refractivity contribution in [3.8, 4) is 0 Å². The molecule has 25 heavy (non-hydrogen) atoms. The minimum Gasteiger partial charge on any atom is -0.258 e. The quantitative estimate of drug-likeness (QED) is 0.438. The van der Waals surface area contributed by atoms with E-state index in [1.165, 1.54) is 16.8 Å². The molecule has 2 aromatic carbocycles. The lowest BCUT2D eigenvalue weighted by Crippen LogP contribution is -2.17. The van der Waals surface area contributed by atoms with E-state index in [-0.39, 0.29) is 5.69 Å². The van der Waals surface area contributed by atoms with Crippen LogP contribution in [0.25, 0.3) is 0 Å². The first kappa shape index (κ1) is 16.3. The van der Waals surface area contributed by atoms with Crippen molar-refractivity contribution in [3.05, 3.63) is 92.1 Å². The van der Waals surface area contributed by atoms with Gasteiger partial charge >= 0.3 is 5.69 Å². The van der Waals surface area contributed by atoms with E-state index >= 15 is 0 Å². The molecule has 8 heteroatoms. The van der Waals surface area contributed by atoms with Crippen LogP contribution in [0, 0.1) is 10.1 Å². The van der Waals surface area contributed by atoms with E-state index in [0.29, 0.717) is 23.5 Å². The van der Waals surface area contributed by atoms with E-state index in [4.69, 9.17) is 0 Å². The Bertz CT molecular complexity index is 972. The minimum atomic E-state index is -0.463. The van der Waals surface area contributed by atoms with E-state index < -0.39 is 10.6 Å². The molecule has 0 radical (unpaired) electrons. The van der Waals surface area contributed by atoms with E-state index in [9.17, 15) is 14.9 Å². The Kier molecular flexibility index (Phi) is 4.51. The second-order valence-corrected chi connectivity index (χ2v) is 5.41. The summed E-state index contributed by atoms with van der Waals surface area (Å²) in [6.07, 6.45) is 0.455. The van der Waals surface area contributed by atoms with Crippen LogP contribution < -0.4 is 5.69 Å². The zero-order valence-electron chi connectivity index (χ0n) is 13.4. The van der Waals surface area contributed by atoms with Crippen molar-refractivity contribution in [1.82, 2.24) is 14.9 Å². The van der Waals surface area contributed by atoms with Crippen LogP contribution in [-0.2, 0) is 6.42 Å². The van der Waals surface area contributed by atoms with Crippen molar-refractivity contribution in [2.24, 2.45) is 5.10 Å². The number of hydrogen-bond donors (Lipinski definition) is 1. The molecular weight excluding hydrogens is 322 g/mol. The molecule has 0 bridgehead atoms. The molecule has 3 rings (SSSR count). The molecule has 0 saturated heterocycles. The summed E-state index contributed by atoms with van der Waals surface area (Å²) < 4.78 is 1.21. The molecule has 0 spiro atoms. The Balaban J connectivity index is 1.91. The number of nitro groups is 1. The summed E-state index contributed by atoms with van der Waals surface area (Å²) in [5.74, 6) is 0.484. The van der Waals surface area contributed by atoms with Gasteiger partial charge in [-0.1, -0.05) is 30.3 Å². The van der Waals surface area contributed by atoms with Gasteiger partial charge in [-0.25, -0.2) is 9.89 Å². The molecule has 0 amide bonds. The Labute approximate surface area is 142 Å². The van der Waals surface area contributed by atoms with Crippen LogP contribution in [0.1, 0.15) is 23.9 Å². The predicted octanol–water partition coefficient (Wildman–Crippen LogP) is 2.34. The van der Waals surface area contributed by atoms with Crippen molar-refractivity contribution in [1.29, 1.82) is 0 Å². The topological polar surface area (TPSA) is 106 Å².